The summed E-state index contributed by atoms with van der Waals surface area (Å²) in [6, 6.07) is 17.7. The second-order valence-electron chi connectivity index (χ2n) is 6.91. The van der Waals surface area contributed by atoms with Gasteiger partial charge in [0.1, 0.15) is 5.82 Å². The first-order valence-corrected chi connectivity index (χ1v) is 10.7. The van der Waals surface area contributed by atoms with E-state index < -0.39 is 0 Å². The summed E-state index contributed by atoms with van der Waals surface area (Å²) in [5, 5.41) is 13.1. The van der Waals surface area contributed by atoms with E-state index in [4.69, 9.17) is 11.6 Å². The van der Waals surface area contributed by atoms with Gasteiger partial charge in [0.2, 0.25) is 5.91 Å². The van der Waals surface area contributed by atoms with Gasteiger partial charge in [0.25, 0.3) is 0 Å². The minimum atomic E-state index is 0.0344. The van der Waals surface area contributed by atoms with E-state index in [-0.39, 0.29) is 5.91 Å². The van der Waals surface area contributed by atoms with E-state index in [0.29, 0.717) is 28.3 Å². The zero-order valence-corrected chi connectivity index (χ0v) is 16.9. The molecule has 0 unspecified atom stereocenters. The molecule has 5 nitrogen and oxygen atoms in total. The number of amides is 1. The fourth-order valence-electron chi connectivity index (χ4n) is 2.90. The number of nitrogens with one attached hydrogen (secondary N) is 1. The van der Waals surface area contributed by atoms with Gasteiger partial charge in [-0.2, -0.15) is 0 Å². The molecule has 0 radical (unpaired) electrons. The van der Waals surface area contributed by atoms with Crippen LogP contribution in [0, 0.1) is 5.92 Å². The largest absolute Gasteiger partial charge is 0.355 e. The molecule has 1 fully saturated rings. The van der Waals surface area contributed by atoms with Crippen LogP contribution in [0.3, 0.4) is 0 Å². The Labute approximate surface area is 173 Å². The maximum atomic E-state index is 12.1. The highest BCUT2D eigenvalue weighted by Crippen LogP contribution is 2.28. The van der Waals surface area contributed by atoms with E-state index in [0.717, 1.165) is 23.6 Å². The number of carbonyl (C=O) groups is 1. The van der Waals surface area contributed by atoms with Crippen molar-refractivity contribution in [1.29, 1.82) is 0 Å². The summed E-state index contributed by atoms with van der Waals surface area (Å²) in [4.78, 5) is 12.1. The number of hydrogen-bond acceptors (Lipinski definition) is 4. The molecule has 7 heteroatoms. The van der Waals surface area contributed by atoms with Crippen LogP contribution in [0.15, 0.2) is 59.8 Å². The highest BCUT2D eigenvalue weighted by molar-refractivity contribution is 7.99. The van der Waals surface area contributed by atoms with Crippen molar-refractivity contribution in [3.63, 3.8) is 0 Å². The monoisotopic (exact) mass is 412 g/mol. The number of hydrogen-bond donors (Lipinski definition) is 1. The first-order valence-electron chi connectivity index (χ1n) is 9.32. The van der Waals surface area contributed by atoms with Gasteiger partial charge in [0.05, 0.1) is 5.75 Å². The van der Waals surface area contributed by atoms with Gasteiger partial charge in [-0.05, 0) is 48.6 Å². The Morgan fingerprint density at radius 2 is 1.86 bits per heavy atom. The average molecular weight is 413 g/mol. The van der Waals surface area contributed by atoms with Crippen LogP contribution in [-0.2, 0) is 11.2 Å². The molecule has 3 aromatic rings. The summed E-state index contributed by atoms with van der Waals surface area (Å²) >= 11 is 7.45. The third-order valence-corrected chi connectivity index (χ3v) is 5.79. The molecule has 28 heavy (non-hydrogen) atoms. The lowest BCUT2D eigenvalue weighted by Gasteiger charge is -2.11. The summed E-state index contributed by atoms with van der Waals surface area (Å²) in [5.74, 6) is 1.86. The molecule has 0 bridgehead atoms. The zero-order valence-electron chi connectivity index (χ0n) is 15.3. The molecule has 1 aliphatic rings. The van der Waals surface area contributed by atoms with Crippen LogP contribution in [0.2, 0.25) is 5.02 Å². The van der Waals surface area contributed by atoms with E-state index in [2.05, 4.69) is 27.6 Å². The molecule has 0 spiro atoms. The Bertz CT molecular complexity index is 939. The number of nitrogens with zero attached hydrogens (tertiary/aromatic N) is 3. The lowest BCUT2D eigenvalue weighted by Crippen LogP contribution is -2.27. The maximum absolute atomic E-state index is 12.1. The van der Waals surface area contributed by atoms with Gasteiger partial charge in [0.15, 0.2) is 5.16 Å². The lowest BCUT2D eigenvalue weighted by atomic mass is 10.1. The SMILES string of the molecule is O=C(CSc1nnc(Cc2ccccc2)n1-c1ccc(Cl)cc1)NCC1CC1. The van der Waals surface area contributed by atoms with Gasteiger partial charge < -0.3 is 5.32 Å². The quantitative estimate of drug-likeness (QED) is 0.565. The number of halogens is 1. The van der Waals surface area contributed by atoms with Crippen molar-refractivity contribution in [1.82, 2.24) is 20.1 Å². The summed E-state index contributed by atoms with van der Waals surface area (Å²) in [5.41, 5.74) is 2.09. The Hall–Kier alpha value is -2.31. The van der Waals surface area contributed by atoms with Crippen LogP contribution >= 0.6 is 23.4 Å². The molecule has 1 saturated carbocycles. The molecular weight excluding hydrogens is 392 g/mol. The van der Waals surface area contributed by atoms with Crippen molar-refractivity contribution in [2.75, 3.05) is 12.3 Å². The van der Waals surface area contributed by atoms with E-state index in [1.165, 1.54) is 24.6 Å². The van der Waals surface area contributed by atoms with Gasteiger partial charge in [-0.3, -0.25) is 9.36 Å². The van der Waals surface area contributed by atoms with Gasteiger partial charge >= 0.3 is 0 Å². The van der Waals surface area contributed by atoms with Gasteiger partial charge in [0, 0.05) is 23.7 Å². The first-order chi connectivity index (χ1) is 13.7. The standard InChI is InChI=1S/C21H21ClN4OS/c22-17-8-10-18(11-9-17)26-19(12-15-4-2-1-3-5-15)24-25-21(26)28-14-20(27)23-13-16-6-7-16/h1-5,8-11,16H,6-7,12-14H2,(H,23,27). The minimum Gasteiger partial charge on any atom is -0.355 e. The van der Waals surface area contributed by atoms with Crippen molar-refractivity contribution in [2.24, 2.45) is 5.92 Å². The predicted octanol–water partition coefficient (Wildman–Crippen LogP) is 4.13. The summed E-state index contributed by atoms with van der Waals surface area (Å²) in [6.45, 7) is 0.780. The number of thioether (sulfide) groups is 1. The van der Waals surface area contributed by atoms with Crippen molar-refractivity contribution < 1.29 is 4.79 Å². The van der Waals surface area contributed by atoms with E-state index >= 15 is 0 Å². The molecule has 1 N–H and O–H groups in total. The van der Waals surface area contributed by atoms with E-state index in [9.17, 15) is 4.79 Å². The predicted molar refractivity (Wildman–Crippen MR) is 112 cm³/mol. The second kappa shape index (κ2) is 8.80. The Balaban J connectivity index is 1.54. The second-order valence-corrected chi connectivity index (χ2v) is 8.29. The molecule has 1 amide bonds. The molecule has 1 aromatic heterocycles. The van der Waals surface area contributed by atoms with E-state index in [1.54, 1.807) is 0 Å². The fraction of sp³-hybridized carbons (Fsp3) is 0.286. The van der Waals surface area contributed by atoms with Gasteiger partial charge in [-0.25, -0.2) is 0 Å². The maximum Gasteiger partial charge on any atom is 0.230 e. The number of aromatic nitrogens is 3. The number of carbonyl (C=O) groups excluding carboxylic acids is 1. The Morgan fingerprint density at radius 3 is 2.57 bits per heavy atom. The molecule has 1 heterocycles. The normalized spacial score (nSPS) is 13.5. The number of benzene rings is 2. The van der Waals surface area contributed by atoms with Crippen LogP contribution in [0.1, 0.15) is 24.2 Å². The molecule has 0 saturated heterocycles. The molecule has 2 aromatic carbocycles. The Morgan fingerprint density at radius 1 is 1.11 bits per heavy atom. The fourth-order valence-corrected chi connectivity index (χ4v) is 3.82. The topological polar surface area (TPSA) is 59.8 Å². The smallest absolute Gasteiger partial charge is 0.230 e. The molecular formula is C21H21ClN4OS. The van der Waals surface area contributed by atoms with Crippen LogP contribution in [0.25, 0.3) is 5.69 Å². The number of rotatable bonds is 8. The third kappa shape index (κ3) is 4.94. The van der Waals surface area contributed by atoms with Gasteiger partial charge in [-0.15, -0.1) is 10.2 Å². The highest BCUT2D eigenvalue weighted by atomic mass is 35.5. The first kappa shape index (κ1) is 19.0. The van der Waals surface area contributed by atoms with Crippen molar-refractivity contribution in [2.45, 2.75) is 24.4 Å². The molecule has 1 aliphatic carbocycles. The minimum absolute atomic E-state index is 0.0344. The summed E-state index contributed by atoms with van der Waals surface area (Å²) in [7, 11) is 0. The summed E-state index contributed by atoms with van der Waals surface area (Å²) < 4.78 is 2.00. The van der Waals surface area contributed by atoms with Crippen LogP contribution in [0.4, 0.5) is 0 Å². The van der Waals surface area contributed by atoms with Crippen LogP contribution < -0.4 is 5.32 Å². The van der Waals surface area contributed by atoms with Crippen molar-refractivity contribution in [3.05, 3.63) is 71.0 Å². The van der Waals surface area contributed by atoms with Gasteiger partial charge in [-0.1, -0.05) is 53.7 Å². The zero-order chi connectivity index (χ0) is 19.3. The molecule has 0 atom stereocenters. The molecule has 4 rings (SSSR count). The lowest BCUT2D eigenvalue weighted by molar-refractivity contribution is -0.118. The third-order valence-electron chi connectivity index (χ3n) is 4.61. The van der Waals surface area contributed by atoms with Crippen molar-refractivity contribution >= 4 is 29.3 Å². The summed E-state index contributed by atoms with van der Waals surface area (Å²) in [6.07, 6.45) is 3.10. The Kier molecular flexibility index (Phi) is 5.98. The highest BCUT2D eigenvalue weighted by Gasteiger charge is 2.22. The molecule has 144 valence electrons. The van der Waals surface area contributed by atoms with Crippen LogP contribution in [-0.4, -0.2) is 33.0 Å². The average Bonchev–Trinajstić information content (AvgIpc) is 3.47. The molecule has 0 aliphatic heterocycles. The van der Waals surface area contributed by atoms with Crippen LogP contribution in [0.5, 0.6) is 0 Å². The van der Waals surface area contributed by atoms with Crippen molar-refractivity contribution in [3.8, 4) is 5.69 Å². The van der Waals surface area contributed by atoms with E-state index in [1.807, 2.05) is 47.0 Å².